The fraction of sp³-hybridized carbons (Fsp3) is 0.625. The second kappa shape index (κ2) is 3.55. The zero-order chi connectivity index (χ0) is 9.90. The van der Waals surface area contributed by atoms with E-state index in [1.807, 2.05) is 0 Å². The maximum atomic E-state index is 11.2. The molecule has 0 amide bonds. The number of nitrogens with zero attached hydrogens (tertiary/aromatic N) is 1. The number of carbonyl (C=O) groups excluding carboxylic acids is 1. The van der Waals surface area contributed by atoms with Crippen molar-refractivity contribution >= 4 is 5.97 Å². The smallest absolute Gasteiger partial charge is 0.315 e. The summed E-state index contributed by atoms with van der Waals surface area (Å²) in [5.74, 6) is -0.378. The van der Waals surface area contributed by atoms with Crippen LogP contribution in [0.15, 0.2) is 12.3 Å². The molecule has 0 aliphatic carbocycles. The molecule has 1 aliphatic rings. The molecule has 1 rings (SSSR count). The number of carbonyl (C=O) groups is 1. The molecule has 5 nitrogen and oxygen atoms in total. The number of hydrogen-bond donors (Lipinski definition) is 0. The van der Waals surface area contributed by atoms with Crippen molar-refractivity contribution < 1.29 is 14.5 Å². The fourth-order valence-electron chi connectivity index (χ4n) is 1.25. The van der Waals surface area contributed by atoms with Crippen molar-refractivity contribution in [3.05, 3.63) is 22.4 Å². The maximum Gasteiger partial charge on any atom is 0.315 e. The first-order chi connectivity index (χ1) is 6.04. The van der Waals surface area contributed by atoms with Gasteiger partial charge in [0.05, 0.1) is 16.9 Å². The predicted molar refractivity (Wildman–Crippen MR) is 44.4 cm³/mol. The molecule has 0 spiro atoms. The molecule has 1 atom stereocenters. The molecule has 0 aromatic heterocycles. The van der Waals surface area contributed by atoms with Crippen LogP contribution in [0.5, 0.6) is 0 Å². The highest BCUT2D eigenvalue weighted by Gasteiger charge is 2.35. The highest BCUT2D eigenvalue weighted by molar-refractivity contribution is 5.79. The summed E-state index contributed by atoms with van der Waals surface area (Å²) in [6.45, 7) is 2.06. The Balaban J connectivity index is 2.72. The number of rotatable bonds is 2. The van der Waals surface area contributed by atoms with E-state index in [9.17, 15) is 14.9 Å². The summed E-state index contributed by atoms with van der Waals surface area (Å²) < 4.78 is 4.81. The predicted octanol–water partition coefficient (Wildman–Crippen LogP) is 1.12. The second-order valence-electron chi connectivity index (χ2n) is 3.26. The van der Waals surface area contributed by atoms with Gasteiger partial charge in [-0.25, -0.2) is 0 Å². The molecule has 72 valence electrons. The van der Waals surface area contributed by atoms with Gasteiger partial charge in [0.25, 0.3) is 0 Å². The topological polar surface area (TPSA) is 69.4 Å². The molecule has 0 N–H and O–H groups in total. The SMILES string of the molecule is C[C@@]1(/C=C/[N+](=O)[O-])CCCOC1=O. The first-order valence-electron chi connectivity index (χ1n) is 4.05. The summed E-state index contributed by atoms with van der Waals surface area (Å²) >= 11 is 0. The van der Waals surface area contributed by atoms with Crippen molar-refractivity contribution in [2.45, 2.75) is 19.8 Å². The summed E-state index contributed by atoms with van der Waals surface area (Å²) in [7, 11) is 0. The van der Waals surface area contributed by atoms with Gasteiger partial charge in [0, 0.05) is 6.08 Å². The minimum atomic E-state index is -0.814. The third kappa shape index (κ3) is 2.27. The number of ether oxygens (including phenoxy) is 1. The number of nitro groups is 1. The molecule has 0 bridgehead atoms. The van der Waals surface area contributed by atoms with E-state index in [4.69, 9.17) is 4.74 Å². The summed E-state index contributed by atoms with van der Waals surface area (Å²) in [5, 5.41) is 10.1. The molecule has 0 radical (unpaired) electrons. The van der Waals surface area contributed by atoms with Crippen LogP contribution < -0.4 is 0 Å². The molecule has 0 unspecified atom stereocenters. The molecule has 0 aromatic rings. The molecule has 1 aliphatic heterocycles. The van der Waals surface area contributed by atoms with Crippen molar-refractivity contribution in [1.82, 2.24) is 0 Å². The van der Waals surface area contributed by atoms with Gasteiger partial charge in [-0.05, 0) is 19.8 Å². The highest BCUT2D eigenvalue weighted by Crippen LogP contribution is 2.30. The Hall–Kier alpha value is -1.39. The monoisotopic (exact) mass is 185 g/mol. The molecule has 0 saturated carbocycles. The Bertz CT molecular complexity index is 261. The Morgan fingerprint density at radius 3 is 2.92 bits per heavy atom. The number of hydrogen-bond acceptors (Lipinski definition) is 4. The molecule has 13 heavy (non-hydrogen) atoms. The van der Waals surface area contributed by atoms with Crippen LogP contribution in [0.1, 0.15) is 19.8 Å². The molecule has 1 heterocycles. The average molecular weight is 185 g/mol. The largest absolute Gasteiger partial charge is 0.465 e. The van der Waals surface area contributed by atoms with Crippen molar-refractivity contribution in [3.8, 4) is 0 Å². The fourth-order valence-corrected chi connectivity index (χ4v) is 1.25. The summed E-state index contributed by atoms with van der Waals surface area (Å²) in [6, 6.07) is 0. The van der Waals surface area contributed by atoms with E-state index in [0.717, 1.165) is 12.6 Å². The zero-order valence-electron chi connectivity index (χ0n) is 7.36. The Morgan fingerprint density at radius 2 is 2.38 bits per heavy atom. The molecular formula is C8H11NO4. The van der Waals surface area contributed by atoms with Crippen molar-refractivity contribution in [2.75, 3.05) is 6.61 Å². The van der Waals surface area contributed by atoms with E-state index < -0.39 is 10.3 Å². The highest BCUT2D eigenvalue weighted by atomic mass is 16.6. The lowest BCUT2D eigenvalue weighted by Gasteiger charge is -2.27. The van der Waals surface area contributed by atoms with Gasteiger partial charge in [-0.1, -0.05) is 0 Å². The van der Waals surface area contributed by atoms with Crippen LogP contribution in [-0.4, -0.2) is 17.5 Å². The van der Waals surface area contributed by atoms with Crippen LogP contribution in [0.2, 0.25) is 0 Å². The Kier molecular flexibility index (Phi) is 2.65. The second-order valence-corrected chi connectivity index (χ2v) is 3.26. The van der Waals surface area contributed by atoms with Gasteiger partial charge in [-0.15, -0.1) is 0 Å². The lowest BCUT2D eigenvalue weighted by Crippen LogP contribution is -2.33. The van der Waals surface area contributed by atoms with Gasteiger partial charge in [0.1, 0.15) is 0 Å². The zero-order valence-corrected chi connectivity index (χ0v) is 7.36. The van der Waals surface area contributed by atoms with E-state index in [2.05, 4.69) is 0 Å². The third-order valence-corrected chi connectivity index (χ3v) is 2.10. The molecule has 1 saturated heterocycles. The minimum Gasteiger partial charge on any atom is -0.465 e. The van der Waals surface area contributed by atoms with Crippen LogP contribution in [0, 0.1) is 15.5 Å². The molecule has 5 heteroatoms. The van der Waals surface area contributed by atoms with Gasteiger partial charge < -0.3 is 4.74 Å². The summed E-state index contributed by atoms with van der Waals surface area (Å²) in [6.07, 6.45) is 3.46. The lowest BCUT2D eigenvalue weighted by molar-refractivity contribution is -0.403. The van der Waals surface area contributed by atoms with Gasteiger partial charge in [0.15, 0.2) is 0 Å². The third-order valence-electron chi connectivity index (χ3n) is 2.10. The van der Waals surface area contributed by atoms with E-state index in [1.54, 1.807) is 6.92 Å². The summed E-state index contributed by atoms with van der Waals surface area (Å²) in [5.41, 5.74) is -0.814. The average Bonchev–Trinajstić information content (AvgIpc) is 2.07. The minimum absolute atomic E-state index is 0.378. The van der Waals surface area contributed by atoms with Crippen molar-refractivity contribution in [3.63, 3.8) is 0 Å². The summed E-state index contributed by atoms with van der Waals surface area (Å²) in [4.78, 5) is 20.7. The van der Waals surface area contributed by atoms with Gasteiger partial charge in [0.2, 0.25) is 6.20 Å². The molecular weight excluding hydrogens is 174 g/mol. The van der Waals surface area contributed by atoms with Crippen molar-refractivity contribution in [1.29, 1.82) is 0 Å². The Labute approximate surface area is 75.5 Å². The van der Waals surface area contributed by atoms with Crippen LogP contribution in [0.3, 0.4) is 0 Å². The van der Waals surface area contributed by atoms with Crippen LogP contribution in [-0.2, 0) is 9.53 Å². The van der Waals surface area contributed by atoms with Crippen LogP contribution in [0.4, 0.5) is 0 Å². The Morgan fingerprint density at radius 1 is 1.69 bits per heavy atom. The standard InChI is InChI=1S/C8H11NO4/c1-8(4-5-9(11)12)3-2-6-13-7(8)10/h4-5H,2-3,6H2,1H3/b5-4+/t8-/m0/s1. The van der Waals surface area contributed by atoms with Gasteiger partial charge in [-0.3, -0.25) is 14.9 Å². The quantitative estimate of drug-likeness (QED) is 0.367. The first-order valence-corrected chi connectivity index (χ1v) is 4.05. The van der Waals surface area contributed by atoms with Gasteiger partial charge >= 0.3 is 5.97 Å². The molecule has 0 aromatic carbocycles. The number of cyclic esters (lactones) is 1. The van der Waals surface area contributed by atoms with Crippen LogP contribution >= 0.6 is 0 Å². The van der Waals surface area contributed by atoms with E-state index in [1.165, 1.54) is 6.08 Å². The van der Waals surface area contributed by atoms with E-state index >= 15 is 0 Å². The van der Waals surface area contributed by atoms with E-state index in [-0.39, 0.29) is 5.97 Å². The number of esters is 1. The maximum absolute atomic E-state index is 11.2. The molecule has 1 fully saturated rings. The first kappa shape index (κ1) is 9.70. The van der Waals surface area contributed by atoms with E-state index in [0.29, 0.717) is 13.0 Å². The van der Waals surface area contributed by atoms with Gasteiger partial charge in [-0.2, -0.15) is 0 Å². The van der Waals surface area contributed by atoms with Crippen molar-refractivity contribution in [2.24, 2.45) is 5.41 Å². The lowest BCUT2D eigenvalue weighted by atomic mass is 9.84. The normalized spacial score (nSPS) is 28.8. The van der Waals surface area contributed by atoms with Crippen LogP contribution in [0.25, 0.3) is 0 Å².